The highest BCUT2D eigenvalue weighted by atomic mass is 32.1. The highest BCUT2D eigenvalue weighted by molar-refractivity contribution is 7.81. The predicted molar refractivity (Wildman–Crippen MR) is 123 cm³/mol. The minimum Gasteiger partial charge on any atom is -0.491 e. The maximum absolute atomic E-state index is 12.8. The Balaban J connectivity index is 1.74. The summed E-state index contributed by atoms with van der Waals surface area (Å²) in [5.41, 5.74) is 1.13. The number of anilines is 1. The molecule has 1 heterocycles. The van der Waals surface area contributed by atoms with Crippen molar-refractivity contribution >= 4 is 30.4 Å². The first-order chi connectivity index (χ1) is 16.0. The molecule has 2 N–H and O–H groups in total. The Morgan fingerprint density at radius 3 is 2.73 bits per heavy atom. The number of hydrogen-bond donors (Lipinski definition) is 3. The maximum Gasteiger partial charge on any atom is 0.412 e. The fourth-order valence-corrected chi connectivity index (χ4v) is 3.37. The molecule has 0 unspecified atom stereocenters. The van der Waals surface area contributed by atoms with Gasteiger partial charge in [0, 0.05) is 23.2 Å². The van der Waals surface area contributed by atoms with E-state index in [-0.39, 0.29) is 38.3 Å². The predicted octanol–water partition coefficient (Wildman–Crippen LogP) is 3.58. The number of aliphatic hydroxyl groups is 1. The van der Waals surface area contributed by atoms with Crippen LogP contribution in [0.25, 0.3) is 0 Å². The molecule has 3 rings (SSSR count). The van der Waals surface area contributed by atoms with E-state index in [1.807, 2.05) is 6.92 Å². The molecule has 1 aliphatic rings. The third-order valence-corrected chi connectivity index (χ3v) is 5.17. The number of benzene rings is 2. The largest absolute Gasteiger partial charge is 0.491 e. The van der Waals surface area contributed by atoms with Crippen LogP contribution >= 0.6 is 12.6 Å². The monoisotopic (exact) mass is 477 g/mol. The van der Waals surface area contributed by atoms with Gasteiger partial charge in [-0.25, -0.2) is 4.79 Å². The molecular formula is C23H27NO8S. The Morgan fingerprint density at radius 2 is 1.94 bits per heavy atom. The van der Waals surface area contributed by atoms with E-state index in [0.29, 0.717) is 34.9 Å². The molecule has 1 aliphatic heterocycles. The van der Waals surface area contributed by atoms with Crippen molar-refractivity contribution in [3.05, 3.63) is 48.0 Å². The van der Waals surface area contributed by atoms with E-state index in [1.54, 1.807) is 42.5 Å². The molecule has 9 nitrogen and oxygen atoms in total. The molecule has 2 aromatic carbocycles. The second-order valence-corrected chi connectivity index (χ2v) is 7.59. The summed E-state index contributed by atoms with van der Waals surface area (Å²) in [5.74, 6) is 0.975. The number of ether oxygens (including phenoxy) is 5. The number of carbonyl (C=O) groups is 2. The minimum absolute atomic E-state index is 0.00984. The molecule has 0 spiro atoms. The molecule has 33 heavy (non-hydrogen) atoms. The quantitative estimate of drug-likeness (QED) is 0.333. The smallest absolute Gasteiger partial charge is 0.412 e. The molecule has 0 bridgehead atoms. The molecule has 178 valence electrons. The highest BCUT2D eigenvalue weighted by Gasteiger charge is 2.27. The van der Waals surface area contributed by atoms with Gasteiger partial charge in [-0.2, -0.15) is 12.6 Å². The van der Waals surface area contributed by atoms with Crippen LogP contribution in [0.3, 0.4) is 0 Å². The van der Waals surface area contributed by atoms with Crippen LogP contribution in [-0.4, -0.2) is 49.5 Å². The third kappa shape index (κ3) is 6.93. The molecule has 0 radical (unpaired) electrons. The van der Waals surface area contributed by atoms with Crippen molar-refractivity contribution in [2.45, 2.75) is 19.4 Å². The lowest BCUT2D eigenvalue weighted by atomic mass is 9.94. The van der Waals surface area contributed by atoms with E-state index >= 15 is 0 Å². The first kappa shape index (κ1) is 24.5. The van der Waals surface area contributed by atoms with Gasteiger partial charge in [-0.1, -0.05) is 25.1 Å². The van der Waals surface area contributed by atoms with Gasteiger partial charge in [-0.15, -0.1) is 0 Å². The molecule has 2 aromatic rings. The lowest BCUT2D eigenvalue weighted by molar-refractivity contribution is -0.141. The molecule has 10 heteroatoms. The Labute approximate surface area is 197 Å². The average Bonchev–Trinajstić information content (AvgIpc) is 3.29. The third-order valence-electron chi connectivity index (χ3n) is 4.91. The van der Waals surface area contributed by atoms with Gasteiger partial charge >= 0.3 is 12.1 Å². The molecule has 0 saturated carbocycles. The molecule has 0 aromatic heterocycles. The number of amides is 1. The number of aliphatic hydroxyl groups excluding tert-OH is 1. The van der Waals surface area contributed by atoms with Gasteiger partial charge < -0.3 is 28.8 Å². The SMILES string of the molecule is C[C@H](CCOC(=O)CS)[C@H](OC(=O)Nc1ccc2c(c1)OCO2)c1ccccc1OCCO. The maximum atomic E-state index is 12.8. The van der Waals surface area contributed by atoms with Crippen LogP contribution in [0.2, 0.25) is 0 Å². The van der Waals surface area contributed by atoms with Crippen molar-refractivity contribution in [2.24, 2.45) is 5.92 Å². The first-order valence-electron chi connectivity index (χ1n) is 10.5. The summed E-state index contributed by atoms with van der Waals surface area (Å²) >= 11 is 3.90. The molecule has 0 fully saturated rings. The van der Waals surface area contributed by atoms with Crippen molar-refractivity contribution in [3.8, 4) is 17.2 Å². The van der Waals surface area contributed by atoms with Gasteiger partial charge in [0.25, 0.3) is 0 Å². The van der Waals surface area contributed by atoms with Crippen LogP contribution in [0, 0.1) is 5.92 Å². The topological polar surface area (TPSA) is 113 Å². The van der Waals surface area contributed by atoms with Gasteiger partial charge in [-0.3, -0.25) is 10.1 Å². The Morgan fingerprint density at radius 1 is 1.15 bits per heavy atom. The summed E-state index contributed by atoms with van der Waals surface area (Å²) in [6.07, 6.45) is -0.936. The van der Waals surface area contributed by atoms with Crippen LogP contribution in [0.5, 0.6) is 17.2 Å². The lowest BCUT2D eigenvalue weighted by Crippen LogP contribution is -2.24. The van der Waals surface area contributed by atoms with Crippen molar-refractivity contribution in [1.29, 1.82) is 0 Å². The van der Waals surface area contributed by atoms with Gasteiger partial charge in [0.1, 0.15) is 18.5 Å². The zero-order valence-electron chi connectivity index (χ0n) is 18.2. The number of rotatable bonds is 11. The second-order valence-electron chi connectivity index (χ2n) is 7.27. The molecule has 2 atom stereocenters. The van der Waals surface area contributed by atoms with Crippen molar-refractivity contribution in [1.82, 2.24) is 0 Å². The van der Waals surface area contributed by atoms with E-state index in [0.717, 1.165) is 0 Å². The average molecular weight is 478 g/mol. The zero-order chi connectivity index (χ0) is 23.6. The number of hydrogen-bond acceptors (Lipinski definition) is 9. The fourth-order valence-electron chi connectivity index (χ4n) is 3.28. The number of fused-ring (bicyclic) bond motifs is 1. The summed E-state index contributed by atoms with van der Waals surface area (Å²) < 4.78 is 27.2. The number of para-hydroxylation sites is 1. The van der Waals surface area contributed by atoms with Crippen molar-refractivity contribution < 1.29 is 38.4 Å². The summed E-state index contributed by atoms with van der Waals surface area (Å²) in [4.78, 5) is 24.2. The van der Waals surface area contributed by atoms with E-state index in [2.05, 4.69) is 17.9 Å². The summed E-state index contributed by atoms with van der Waals surface area (Å²) in [6, 6.07) is 12.2. The number of nitrogens with one attached hydrogen (secondary N) is 1. The number of thiol groups is 1. The van der Waals surface area contributed by atoms with Gasteiger partial charge in [0.15, 0.2) is 11.5 Å². The van der Waals surface area contributed by atoms with Crippen LogP contribution in [0.1, 0.15) is 25.0 Å². The zero-order valence-corrected chi connectivity index (χ0v) is 19.1. The molecule has 1 amide bonds. The van der Waals surface area contributed by atoms with Crippen LogP contribution in [-0.2, 0) is 14.3 Å². The summed E-state index contributed by atoms with van der Waals surface area (Å²) in [5, 5.41) is 11.8. The Kier molecular flexibility index (Phi) is 9.08. The number of esters is 1. The Bertz CT molecular complexity index is 954. The van der Waals surface area contributed by atoms with Gasteiger partial charge in [0.2, 0.25) is 6.79 Å². The van der Waals surface area contributed by atoms with E-state index in [4.69, 9.17) is 28.8 Å². The van der Waals surface area contributed by atoms with E-state index < -0.39 is 18.2 Å². The van der Waals surface area contributed by atoms with E-state index in [1.165, 1.54) is 0 Å². The molecule has 0 aliphatic carbocycles. The van der Waals surface area contributed by atoms with Crippen LogP contribution < -0.4 is 19.5 Å². The van der Waals surface area contributed by atoms with Crippen molar-refractivity contribution in [2.75, 3.05) is 37.7 Å². The highest BCUT2D eigenvalue weighted by Crippen LogP contribution is 2.36. The van der Waals surface area contributed by atoms with Crippen LogP contribution in [0.15, 0.2) is 42.5 Å². The van der Waals surface area contributed by atoms with E-state index in [9.17, 15) is 9.59 Å². The van der Waals surface area contributed by atoms with Crippen molar-refractivity contribution in [3.63, 3.8) is 0 Å². The molecular weight excluding hydrogens is 450 g/mol. The second kappa shape index (κ2) is 12.2. The normalized spacial score (nSPS) is 13.7. The standard InChI is InChI=1S/C23H27NO8S/c1-15(8-10-29-21(26)13-33)22(17-4-2-3-5-18(17)28-11-9-25)32-23(27)24-16-6-7-19-20(12-16)31-14-30-19/h2-7,12,15,22,25,33H,8-11,13-14H2,1H3,(H,24,27)/t15-,22+/m1/s1. The summed E-state index contributed by atoms with van der Waals surface area (Å²) in [7, 11) is 0. The lowest BCUT2D eigenvalue weighted by Gasteiger charge is -2.26. The molecule has 0 saturated heterocycles. The fraction of sp³-hybridized carbons (Fsp3) is 0.391. The van der Waals surface area contributed by atoms with Gasteiger partial charge in [-0.05, 0) is 24.6 Å². The first-order valence-corrected chi connectivity index (χ1v) is 11.1. The number of carbonyl (C=O) groups excluding carboxylic acids is 2. The minimum atomic E-state index is -0.705. The Hall–Kier alpha value is -3.11. The van der Waals surface area contributed by atoms with Gasteiger partial charge in [0.05, 0.1) is 19.0 Å². The summed E-state index contributed by atoms with van der Waals surface area (Å²) in [6.45, 7) is 2.12. The van der Waals surface area contributed by atoms with Crippen LogP contribution in [0.4, 0.5) is 10.5 Å².